The number of amides is 1. The fraction of sp³-hybridized carbons (Fsp3) is 0.353. The van der Waals surface area contributed by atoms with Gasteiger partial charge in [0, 0.05) is 13.1 Å². The van der Waals surface area contributed by atoms with Gasteiger partial charge >= 0.3 is 0 Å². The van der Waals surface area contributed by atoms with Crippen molar-refractivity contribution < 1.29 is 19.4 Å². The summed E-state index contributed by atoms with van der Waals surface area (Å²) >= 11 is 0. The number of H-pyrrole nitrogens is 1. The number of likely N-dealkylation sites (N-methyl/N-ethyl adjacent to an activating group) is 1. The summed E-state index contributed by atoms with van der Waals surface area (Å²) in [5, 5.41) is 22.2. The predicted octanol–water partition coefficient (Wildman–Crippen LogP) is 0.282. The molecule has 2 aromatic rings. The summed E-state index contributed by atoms with van der Waals surface area (Å²) in [6.45, 7) is 0.506. The Labute approximate surface area is 148 Å². The summed E-state index contributed by atoms with van der Waals surface area (Å²) < 4.78 is 12.9. The molecule has 8 nitrogen and oxygen atoms in total. The number of β-amino-alcohol motifs (C(OH)–C–C–N with tert-alkyl or cyclic N) is 1. The number of benzene rings is 1. The molecule has 0 spiro atoms. The van der Waals surface area contributed by atoms with E-state index < -0.39 is 23.3 Å². The summed E-state index contributed by atoms with van der Waals surface area (Å²) in [5.41, 5.74) is -0.555. The number of aliphatic hydroxyl groups excluding tert-OH is 1. The van der Waals surface area contributed by atoms with Gasteiger partial charge < -0.3 is 20.5 Å². The Kier molecular flexibility index (Phi) is 5.01. The van der Waals surface area contributed by atoms with Crippen LogP contribution in [-0.2, 0) is 6.54 Å². The molecular formula is C17H19FN4O4. The van der Waals surface area contributed by atoms with Gasteiger partial charge in [-0.3, -0.25) is 14.5 Å². The minimum atomic E-state index is -0.822. The lowest BCUT2D eigenvalue weighted by Gasteiger charge is -2.18. The Morgan fingerprint density at radius 2 is 2.12 bits per heavy atom. The Hall–Kier alpha value is -2.78. The number of hydrogen-bond acceptors (Lipinski definition) is 6. The number of hydrogen-bond donors (Lipinski definition) is 4. The lowest BCUT2D eigenvalue weighted by atomic mass is 10.2. The average molecular weight is 362 g/mol. The van der Waals surface area contributed by atoms with Crippen molar-refractivity contribution in [3.8, 4) is 5.75 Å². The van der Waals surface area contributed by atoms with Crippen LogP contribution in [0.25, 0.3) is 0 Å². The Morgan fingerprint density at radius 3 is 2.73 bits per heavy atom. The van der Waals surface area contributed by atoms with E-state index >= 15 is 0 Å². The third-order valence-electron chi connectivity index (χ3n) is 4.34. The molecule has 2 heterocycles. The largest absolute Gasteiger partial charge is 0.501 e. The first kappa shape index (κ1) is 18.0. The monoisotopic (exact) mass is 362 g/mol. The second kappa shape index (κ2) is 7.22. The first-order chi connectivity index (χ1) is 12.3. The molecule has 1 aromatic heterocycles. The number of nitrogens with one attached hydrogen (secondary N) is 2. The number of nitrogens with zero attached hydrogens (tertiary/aromatic N) is 2. The van der Waals surface area contributed by atoms with Gasteiger partial charge in [0.05, 0.1) is 12.1 Å². The van der Waals surface area contributed by atoms with Crippen molar-refractivity contribution in [2.24, 2.45) is 0 Å². The maximum atomic E-state index is 12.9. The van der Waals surface area contributed by atoms with E-state index in [0.717, 1.165) is 0 Å². The maximum absolute atomic E-state index is 12.9. The fourth-order valence-corrected chi connectivity index (χ4v) is 2.96. The number of carbonyl (C=O) groups is 1. The van der Waals surface area contributed by atoms with Gasteiger partial charge in [-0.15, -0.1) is 0 Å². The predicted molar refractivity (Wildman–Crippen MR) is 90.1 cm³/mol. The van der Waals surface area contributed by atoms with Crippen LogP contribution in [0.1, 0.15) is 34.3 Å². The summed E-state index contributed by atoms with van der Waals surface area (Å²) in [5.74, 6) is -1.67. The molecule has 0 bridgehead atoms. The highest BCUT2D eigenvalue weighted by Gasteiger charge is 2.32. The van der Waals surface area contributed by atoms with Gasteiger partial charge in [0.1, 0.15) is 11.6 Å². The molecule has 2 unspecified atom stereocenters. The van der Waals surface area contributed by atoms with E-state index in [-0.39, 0.29) is 29.9 Å². The molecule has 1 aliphatic heterocycles. The van der Waals surface area contributed by atoms with Crippen molar-refractivity contribution in [2.45, 2.75) is 25.1 Å². The SMILES string of the molecule is CN1CC(O)CC1c1nc(C(=O)NCc2ccc(F)cc2)c(O)c(=O)[nH]1. The minimum absolute atomic E-state index is 0.0877. The third-order valence-corrected chi connectivity index (χ3v) is 4.34. The molecule has 1 aliphatic rings. The standard InChI is InChI=1S/C17H19FN4O4/c1-22-8-11(23)6-12(22)15-20-13(14(24)17(26)21-15)16(25)19-7-9-2-4-10(18)5-3-9/h2-5,11-12,23-24H,6-8H2,1H3,(H,19,25)(H,20,21,26). The van der Waals surface area contributed by atoms with Crippen molar-refractivity contribution in [2.75, 3.05) is 13.6 Å². The van der Waals surface area contributed by atoms with Gasteiger partial charge in [-0.05, 0) is 31.2 Å². The Balaban J connectivity index is 1.81. The van der Waals surface area contributed by atoms with Crippen LogP contribution in [-0.4, -0.2) is 50.7 Å². The van der Waals surface area contributed by atoms with Crippen molar-refractivity contribution in [1.82, 2.24) is 20.2 Å². The fourth-order valence-electron chi connectivity index (χ4n) is 2.96. The summed E-state index contributed by atoms with van der Waals surface area (Å²) in [4.78, 5) is 32.7. The molecular weight excluding hydrogens is 343 g/mol. The maximum Gasteiger partial charge on any atom is 0.293 e. The molecule has 1 aromatic carbocycles. The number of aromatic hydroxyl groups is 1. The van der Waals surface area contributed by atoms with E-state index in [9.17, 15) is 24.2 Å². The highest BCUT2D eigenvalue weighted by Crippen LogP contribution is 2.28. The smallest absolute Gasteiger partial charge is 0.293 e. The van der Waals surface area contributed by atoms with Crippen molar-refractivity contribution in [3.05, 3.63) is 57.5 Å². The van der Waals surface area contributed by atoms with Gasteiger partial charge in [-0.2, -0.15) is 0 Å². The molecule has 3 rings (SSSR count). The molecule has 2 atom stereocenters. The second-order valence-corrected chi connectivity index (χ2v) is 6.30. The molecule has 0 saturated carbocycles. The second-order valence-electron chi connectivity index (χ2n) is 6.30. The topological polar surface area (TPSA) is 119 Å². The molecule has 138 valence electrons. The van der Waals surface area contributed by atoms with Crippen LogP contribution < -0.4 is 10.9 Å². The van der Waals surface area contributed by atoms with Crippen LogP contribution in [0.15, 0.2) is 29.1 Å². The summed E-state index contributed by atoms with van der Waals surface area (Å²) in [7, 11) is 1.77. The number of likely N-dealkylation sites (tertiary alicyclic amines) is 1. The number of carbonyl (C=O) groups excluding carboxylic acids is 1. The zero-order chi connectivity index (χ0) is 18.8. The lowest BCUT2D eigenvalue weighted by Crippen LogP contribution is -2.29. The van der Waals surface area contributed by atoms with Crippen molar-refractivity contribution >= 4 is 5.91 Å². The van der Waals surface area contributed by atoms with Crippen LogP contribution in [0, 0.1) is 5.82 Å². The van der Waals surface area contributed by atoms with Crippen LogP contribution in [0.4, 0.5) is 4.39 Å². The van der Waals surface area contributed by atoms with Gasteiger partial charge in [0.15, 0.2) is 5.69 Å². The number of rotatable bonds is 4. The Morgan fingerprint density at radius 1 is 1.42 bits per heavy atom. The zero-order valence-corrected chi connectivity index (χ0v) is 14.1. The normalized spacial score (nSPS) is 20.3. The molecule has 1 amide bonds. The lowest BCUT2D eigenvalue weighted by molar-refractivity contribution is 0.0941. The zero-order valence-electron chi connectivity index (χ0n) is 14.1. The quantitative estimate of drug-likeness (QED) is 0.621. The van der Waals surface area contributed by atoms with E-state index in [1.165, 1.54) is 24.3 Å². The highest BCUT2D eigenvalue weighted by molar-refractivity contribution is 5.94. The van der Waals surface area contributed by atoms with Crippen LogP contribution in [0.3, 0.4) is 0 Å². The first-order valence-corrected chi connectivity index (χ1v) is 8.09. The summed E-state index contributed by atoms with van der Waals surface area (Å²) in [6, 6.07) is 5.21. The third kappa shape index (κ3) is 3.73. The van der Waals surface area contributed by atoms with Gasteiger partial charge in [0.25, 0.3) is 11.5 Å². The highest BCUT2D eigenvalue weighted by atomic mass is 19.1. The molecule has 0 aliphatic carbocycles. The molecule has 1 saturated heterocycles. The number of halogens is 1. The Bertz CT molecular complexity index is 868. The molecule has 0 radical (unpaired) electrons. The number of aromatic nitrogens is 2. The average Bonchev–Trinajstić information content (AvgIpc) is 2.94. The minimum Gasteiger partial charge on any atom is -0.501 e. The molecule has 9 heteroatoms. The number of aliphatic hydroxyl groups is 1. The van der Waals surface area contributed by atoms with Gasteiger partial charge in [-0.25, -0.2) is 9.37 Å². The molecule has 26 heavy (non-hydrogen) atoms. The first-order valence-electron chi connectivity index (χ1n) is 8.09. The van der Waals surface area contributed by atoms with Crippen LogP contribution in [0.2, 0.25) is 0 Å². The van der Waals surface area contributed by atoms with E-state index in [1.54, 1.807) is 11.9 Å². The van der Waals surface area contributed by atoms with Crippen LogP contribution >= 0.6 is 0 Å². The van der Waals surface area contributed by atoms with E-state index in [0.29, 0.717) is 18.5 Å². The van der Waals surface area contributed by atoms with Gasteiger partial charge in [-0.1, -0.05) is 12.1 Å². The molecule has 1 fully saturated rings. The van der Waals surface area contributed by atoms with Gasteiger partial charge in [0.2, 0.25) is 5.75 Å². The number of aromatic amines is 1. The van der Waals surface area contributed by atoms with E-state index in [2.05, 4.69) is 15.3 Å². The molecule has 4 N–H and O–H groups in total. The van der Waals surface area contributed by atoms with E-state index in [1.807, 2.05) is 0 Å². The van der Waals surface area contributed by atoms with Crippen molar-refractivity contribution in [1.29, 1.82) is 0 Å². The van der Waals surface area contributed by atoms with Crippen molar-refractivity contribution in [3.63, 3.8) is 0 Å². The van der Waals surface area contributed by atoms with Crippen LogP contribution in [0.5, 0.6) is 5.75 Å². The summed E-state index contributed by atoms with van der Waals surface area (Å²) in [6.07, 6.45) is -0.194. The van der Waals surface area contributed by atoms with E-state index in [4.69, 9.17) is 0 Å².